The van der Waals surface area contributed by atoms with E-state index in [1.807, 2.05) is 0 Å². The summed E-state index contributed by atoms with van der Waals surface area (Å²) < 4.78 is 40.2. The average Bonchev–Trinajstić information content (AvgIpc) is 2.10. The highest BCUT2D eigenvalue weighted by atomic mass is 19.3. The lowest BCUT2D eigenvalue weighted by Crippen LogP contribution is -2.04. The molecule has 1 rings (SSSR count). The van der Waals surface area contributed by atoms with E-state index in [0.29, 0.717) is 6.41 Å². The number of halogens is 3. The highest BCUT2D eigenvalue weighted by molar-refractivity contribution is 5.71. The Kier molecular flexibility index (Phi) is 3.33. The highest BCUT2D eigenvalue weighted by Gasteiger charge is 2.09. The largest absolute Gasteiger partial charge is 0.432 e. The molecule has 0 bridgehead atoms. The Morgan fingerprint density at radius 2 is 2.14 bits per heavy atom. The number of anilines is 1. The third kappa shape index (κ3) is 2.65. The molecular weight excluding hydrogens is 199 g/mol. The van der Waals surface area contributed by atoms with Crippen LogP contribution in [0.15, 0.2) is 18.2 Å². The quantitative estimate of drug-likeness (QED) is 0.763. The maximum atomic E-state index is 12.9. The molecule has 0 unspecified atom stereocenters. The molecule has 3 nitrogen and oxygen atoms in total. The van der Waals surface area contributed by atoms with Gasteiger partial charge in [0, 0.05) is 11.8 Å². The number of nitrogens with one attached hydrogen (secondary N) is 1. The molecule has 0 heterocycles. The van der Waals surface area contributed by atoms with Gasteiger partial charge in [-0.3, -0.25) is 4.79 Å². The zero-order chi connectivity index (χ0) is 10.6. The van der Waals surface area contributed by atoms with Gasteiger partial charge in [0.25, 0.3) is 0 Å². The number of hydrogen-bond donors (Lipinski definition) is 1. The molecule has 76 valence electrons. The number of hydrogen-bond acceptors (Lipinski definition) is 2. The van der Waals surface area contributed by atoms with Crippen LogP contribution in [0, 0.1) is 5.82 Å². The van der Waals surface area contributed by atoms with Crippen molar-refractivity contribution in [2.75, 3.05) is 5.32 Å². The van der Waals surface area contributed by atoms with Crippen molar-refractivity contribution in [2.24, 2.45) is 0 Å². The second-order valence-corrected chi connectivity index (χ2v) is 2.29. The number of benzene rings is 1. The van der Waals surface area contributed by atoms with Gasteiger partial charge in [0.05, 0.1) is 0 Å². The number of carbonyl (C=O) groups is 1. The average molecular weight is 205 g/mol. The minimum Gasteiger partial charge on any atom is -0.432 e. The lowest BCUT2D eigenvalue weighted by atomic mass is 10.3. The molecule has 0 saturated carbocycles. The summed E-state index contributed by atoms with van der Waals surface area (Å²) in [6.07, 6.45) is 0.350. The first kappa shape index (κ1) is 10.4. The summed E-state index contributed by atoms with van der Waals surface area (Å²) in [5.74, 6) is -1.52. The van der Waals surface area contributed by atoms with Crippen LogP contribution in [0.2, 0.25) is 0 Å². The van der Waals surface area contributed by atoms with Crippen LogP contribution in [0.25, 0.3) is 0 Å². The molecule has 1 N–H and O–H groups in total. The maximum Gasteiger partial charge on any atom is 0.387 e. The Hall–Kier alpha value is -1.72. The van der Waals surface area contributed by atoms with Gasteiger partial charge in [-0.2, -0.15) is 8.78 Å². The van der Waals surface area contributed by atoms with Crippen LogP contribution >= 0.6 is 0 Å². The topological polar surface area (TPSA) is 38.3 Å². The fraction of sp³-hybridized carbons (Fsp3) is 0.125. The Morgan fingerprint density at radius 3 is 2.64 bits per heavy atom. The lowest BCUT2D eigenvalue weighted by Gasteiger charge is -2.06. The summed E-state index contributed by atoms with van der Waals surface area (Å²) in [7, 11) is 0. The Bertz CT molecular complexity index is 330. The van der Waals surface area contributed by atoms with Crippen LogP contribution < -0.4 is 10.1 Å². The first-order chi connectivity index (χ1) is 6.63. The normalized spacial score (nSPS) is 10.0. The van der Waals surface area contributed by atoms with E-state index in [9.17, 15) is 18.0 Å². The van der Waals surface area contributed by atoms with Crippen LogP contribution in [-0.4, -0.2) is 13.0 Å². The molecule has 1 aromatic carbocycles. The second kappa shape index (κ2) is 4.50. The van der Waals surface area contributed by atoms with Gasteiger partial charge in [0.1, 0.15) is 0 Å². The predicted molar refractivity (Wildman–Crippen MR) is 42.7 cm³/mol. The molecule has 0 aromatic heterocycles. The predicted octanol–water partition coefficient (Wildman–Crippen LogP) is 2.00. The van der Waals surface area contributed by atoms with Crippen molar-refractivity contribution in [1.82, 2.24) is 0 Å². The number of amides is 1. The van der Waals surface area contributed by atoms with Gasteiger partial charge in [-0.1, -0.05) is 0 Å². The van der Waals surface area contributed by atoms with Crippen LogP contribution in [0.5, 0.6) is 5.75 Å². The smallest absolute Gasteiger partial charge is 0.387 e. The second-order valence-electron chi connectivity index (χ2n) is 2.29. The molecule has 0 radical (unpaired) electrons. The Morgan fingerprint density at radius 1 is 1.43 bits per heavy atom. The van der Waals surface area contributed by atoms with Crippen LogP contribution in [0.4, 0.5) is 18.9 Å². The summed E-state index contributed by atoms with van der Waals surface area (Å²) in [6, 6.07) is 3.13. The highest BCUT2D eigenvalue weighted by Crippen LogP contribution is 2.22. The van der Waals surface area contributed by atoms with E-state index in [1.165, 1.54) is 6.07 Å². The summed E-state index contributed by atoms with van der Waals surface area (Å²) in [4.78, 5) is 9.96. The van der Waals surface area contributed by atoms with Crippen molar-refractivity contribution >= 4 is 12.1 Å². The fourth-order valence-corrected chi connectivity index (χ4v) is 0.850. The summed E-state index contributed by atoms with van der Waals surface area (Å²) in [6.45, 7) is -3.07. The van der Waals surface area contributed by atoms with Crippen molar-refractivity contribution in [3.05, 3.63) is 24.0 Å². The molecular formula is C8H6F3NO2. The van der Waals surface area contributed by atoms with E-state index in [4.69, 9.17) is 0 Å². The molecule has 14 heavy (non-hydrogen) atoms. The lowest BCUT2D eigenvalue weighted by molar-refractivity contribution is -0.105. The molecule has 0 saturated heterocycles. The van der Waals surface area contributed by atoms with Crippen LogP contribution in [0.1, 0.15) is 0 Å². The maximum absolute atomic E-state index is 12.9. The SMILES string of the molecule is O=CNc1ccc(OC(F)F)c(F)c1. The zero-order valence-corrected chi connectivity index (χ0v) is 6.84. The van der Waals surface area contributed by atoms with Crippen molar-refractivity contribution in [3.63, 3.8) is 0 Å². The van der Waals surface area contributed by atoms with E-state index in [1.54, 1.807) is 0 Å². The molecule has 1 amide bonds. The Labute approximate surface area is 77.5 Å². The molecule has 0 aliphatic rings. The zero-order valence-electron chi connectivity index (χ0n) is 6.84. The van der Waals surface area contributed by atoms with E-state index in [0.717, 1.165) is 12.1 Å². The van der Waals surface area contributed by atoms with Crippen molar-refractivity contribution in [1.29, 1.82) is 0 Å². The number of alkyl halides is 2. The fourth-order valence-electron chi connectivity index (χ4n) is 0.850. The van der Waals surface area contributed by atoms with Crippen LogP contribution in [-0.2, 0) is 4.79 Å². The van der Waals surface area contributed by atoms with E-state index in [2.05, 4.69) is 10.1 Å². The molecule has 0 fully saturated rings. The van der Waals surface area contributed by atoms with Crippen molar-refractivity contribution < 1.29 is 22.7 Å². The molecule has 0 spiro atoms. The van der Waals surface area contributed by atoms with E-state index in [-0.39, 0.29) is 5.69 Å². The number of ether oxygens (including phenoxy) is 1. The van der Waals surface area contributed by atoms with Gasteiger partial charge < -0.3 is 10.1 Å². The van der Waals surface area contributed by atoms with Crippen LogP contribution in [0.3, 0.4) is 0 Å². The summed E-state index contributed by atoms with van der Waals surface area (Å²) in [5, 5.41) is 2.17. The van der Waals surface area contributed by atoms with E-state index >= 15 is 0 Å². The monoisotopic (exact) mass is 205 g/mol. The molecule has 6 heteroatoms. The molecule has 0 aliphatic carbocycles. The van der Waals surface area contributed by atoms with Crippen molar-refractivity contribution in [2.45, 2.75) is 6.61 Å². The third-order valence-electron chi connectivity index (χ3n) is 1.37. The van der Waals surface area contributed by atoms with Gasteiger partial charge in [-0.05, 0) is 12.1 Å². The van der Waals surface area contributed by atoms with Gasteiger partial charge in [-0.15, -0.1) is 0 Å². The molecule has 1 aromatic rings. The Balaban J connectivity index is 2.83. The minimum atomic E-state index is -3.07. The summed E-state index contributed by atoms with van der Waals surface area (Å²) in [5.41, 5.74) is 0.166. The van der Waals surface area contributed by atoms with Crippen molar-refractivity contribution in [3.8, 4) is 5.75 Å². The standard InChI is InChI=1S/C8H6F3NO2/c9-6-3-5(12-4-13)1-2-7(6)14-8(10)11/h1-4,8H,(H,12,13). The number of carbonyl (C=O) groups excluding carboxylic acids is 1. The summed E-state index contributed by atoms with van der Waals surface area (Å²) >= 11 is 0. The third-order valence-corrected chi connectivity index (χ3v) is 1.37. The van der Waals surface area contributed by atoms with Gasteiger partial charge in [-0.25, -0.2) is 4.39 Å². The molecule has 0 aliphatic heterocycles. The minimum absolute atomic E-state index is 0.166. The first-order valence-corrected chi connectivity index (χ1v) is 3.58. The number of rotatable bonds is 4. The van der Waals surface area contributed by atoms with E-state index < -0.39 is 18.2 Å². The molecule has 0 atom stereocenters. The first-order valence-electron chi connectivity index (χ1n) is 3.58. The van der Waals surface area contributed by atoms with Gasteiger partial charge >= 0.3 is 6.61 Å². The van der Waals surface area contributed by atoms with Gasteiger partial charge in [0.2, 0.25) is 6.41 Å². The van der Waals surface area contributed by atoms with Gasteiger partial charge in [0.15, 0.2) is 11.6 Å².